The predicted octanol–water partition coefficient (Wildman–Crippen LogP) is 3.46. The van der Waals surface area contributed by atoms with E-state index in [1.54, 1.807) is 37.3 Å². The van der Waals surface area contributed by atoms with Crippen molar-refractivity contribution in [2.45, 2.75) is 13.8 Å². The van der Waals surface area contributed by atoms with Crippen molar-refractivity contribution in [3.05, 3.63) is 69.3 Å². The number of hydrogen-bond acceptors (Lipinski definition) is 3. The summed E-state index contributed by atoms with van der Waals surface area (Å²) in [5, 5.41) is 13.6. The standard InChI is InChI=1S/C15H14N2O3/c1-10-5-3-6-12(9-10)15(18)16-13-7-4-8-14(11(13)2)17(19)20/h3-9H,1-2H3,(H,16,18). The minimum atomic E-state index is -0.461. The number of carbonyl (C=O) groups is 1. The fourth-order valence-corrected chi connectivity index (χ4v) is 1.94. The summed E-state index contributed by atoms with van der Waals surface area (Å²) in [6.45, 7) is 3.51. The highest BCUT2D eigenvalue weighted by Crippen LogP contribution is 2.25. The van der Waals surface area contributed by atoms with E-state index in [1.165, 1.54) is 6.07 Å². The molecule has 0 aliphatic rings. The van der Waals surface area contributed by atoms with E-state index in [1.807, 2.05) is 13.0 Å². The Balaban J connectivity index is 2.29. The molecule has 0 heterocycles. The van der Waals surface area contributed by atoms with Crippen molar-refractivity contribution in [3.8, 4) is 0 Å². The average molecular weight is 270 g/mol. The van der Waals surface area contributed by atoms with E-state index in [9.17, 15) is 14.9 Å². The SMILES string of the molecule is Cc1cccc(C(=O)Nc2cccc([N+](=O)[O-])c2C)c1. The molecule has 102 valence electrons. The maximum atomic E-state index is 12.1. The van der Waals surface area contributed by atoms with Gasteiger partial charge in [-0.25, -0.2) is 0 Å². The van der Waals surface area contributed by atoms with Crippen molar-refractivity contribution >= 4 is 17.3 Å². The molecule has 2 aromatic rings. The van der Waals surface area contributed by atoms with Gasteiger partial charge in [0.15, 0.2) is 0 Å². The van der Waals surface area contributed by atoms with Crippen LogP contribution in [-0.4, -0.2) is 10.8 Å². The van der Waals surface area contributed by atoms with Gasteiger partial charge in [0, 0.05) is 11.6 Å². The maximum absolute atomic E-state index is 12.1. The molecule has 0 aliphatic carbocycles. The fourth-order valence-electron chi connectivity index (χ4n) is 1.94. The average Bonchev–Trinajstić information content (AvgIpc) is 2.40. The summed E-state index contributed by atoms with van der Waals surface area (Å²) in [4.78, 5) is 22.5. The molecule has 20 heavy (non-hydrogen) atoms. The molecule has 0 fully saturated rings. The van der Waals surface area contributed by atoms with Crippen LogP contribution in [0.15, 0.2) is 42.5 Å². The molecule has 2 aromatic carbocycles. The number of rotatable bonds is 3. The van der Waals surface area contributed by atoms with E-state index in [0.29, 0.717) is 16.8 Å². The van der Waals surface area contributed by atoms with Crippen molar-refractivity contribution < 1.29 is 9.72 Å². The zero-order chi connectivity index (χ0) is 14.7. The highest BCUT2D eigenvalue weighted by atomic mass is 16.6. The molecule has 0 aliphatic heterocycles. The Labute approximate surface area is 116 Å². The number of nitro groups is 1. The quantitative estimate of drug-likeness (QED) is 0.685. The van der Waals surface area contributed by atoms with E-state index < -0.39 is 4.92 Å². The number of carbonyl (C=O) groups excluding carboxylic acids is 1. The highest BCUT2D eigenvalue weighted by molar-refractivity contribution is 6.05. The van der Waals surface area contributed by atoms with Crippen molar-refractivity contribution in [2.75, 3.05) is 5.32 Å². The molecule has 0 radical (unpaired) electrons. The number of anilines is 1. The van der Waals surface area contributed by atoms with Crippen LogP contribution in [-0.2, 0) is 0 Å². The van der Waals surface area contributed by atoms with Crippen molar-refractivity contribution in [3.63, 3.8) is 0 Å². The molecule has 0 saturated carbocycles. The summed E-state index contributed by atoms with van der Waals surface area (Å²) >= 11 is 0. The summed E-state index contributed by atoms with van der Waals surface area (Å²) in [6, 6.07) is 11.8. The second kappa shape index (κ2) is 5.52. The lowest BCUT2D eigenvalue weighted by atomic mass is 10.1. The number of nitro benzene ring substituents is 1. The van der Waals surface area contributed by atoms with Gasteiger partial charge in [-0.1, -0.05) is 23.8 Å². The molecular formula is C15H14N2O3. The van der Waals surface area contributed by atoms with Gasteiger partial charge in [-0.3, -0.25) is 14.9 Å². The van der Waals surface area contributed by atoms with Gasteiger partial charge in [0.05, 0.1) is 16.2 Å². The van der Waals surface area contributed by atoms with Crippen LogP contribution in [0, 0.1) is 24.0 Å². The number of benzene rings is 2. The second-order valence-electron chi connectivity index (χ2n) is 4.53. The first-order valence-electron chi connectivity index (χ1n) is 6.11. The van der Waals surface area contributed by atoms with Gasteiger partial charge in [0.25, 0.3) is 11.6 Å². The molecule has 1 amide bonds. The lowest BCUT2D eigenvalue weighted by molar-refractivity contribution is -0.385. The molecule has 0 aromatic heterocycles. The van der Waals surface area contributed by atoms with Crippen LogP contribution < -0.4 is 5.32 Å². The predicted molar refractivity (Wildman–Crippen MR) is 77.0 cm³/mol. The Kier molecular flexibility index (Phi) is 3.79. The highest BCUT2D eigenvalue weighted by Gasteiger charge is 2.15. The molecule has 5 heteroatoms. The Bertz CT molecular complexity index is 681. The summed E-state index contributed by atoms with van der Waals surface area (Å²) < 4.78 is 0. The van der Waals surface area contributed by atoms with E-state index >= 15 is 0 Å². The summed E-state index contributed by atoms with van der Waals surface area (Å²) in [5.74, 6) is -0.280. The Morgan fingerprint density at radius 2 is 1.85 bits per heavy atom. The van der Waals surface area contributed by atoms with E-state index in [4.69, 9.17) is 0 Å². The number of hydrogen-bond donors (Lipinski definition) is 1. The van der Waals surface area contributed by atoms with Crippen LogP contribution in [0.3, 0.4) is 0 Å². The zero-order valence-corrected chi connectivity index (χ0v) is 11.2. The van der Waals surface area contributed by atoms with Gasteiger partial charge in [0.1, 0.15) is 0 Å². The van der Waals surface area contributed by atoms with Gasteiger partial charge < -0.3 is 5.32 Å². The third kappa shape index (κ3) is 2.83. The smallest absolute Gasteiger partial charge is 0.274 e. The van der Waals surface area contributed by atoms with Crippen LogP contribution in [0.25, 0.3) is 0 Å². The van der Waals surface area contributed by atoms with E-state index in [2.05, 4.69) is 5.32 Å². The fraction of sp³-hybridized carbons (Fsp3) is 0.133. The van der Waals surface area contributed by atoms with Gasteiger partial charge in [-0.05, 0) is 32.0 Å². The topological polar surface area (TPSA) is 72.2 Å². The molecule has 1 N–H and O–H groups in total. The third-order valence-corrected chi connectivity index (χ3v) is 3.03. The number of nitrogens with one attached hydrogen (secondary N) is 1. The Morgan fingerprint density at radius 1 is 1.15 bits per heavy atom. The minimum absolute atomic E-state index is 0.00737. The van der Waals surface area contributed by atoms with Gasteiger partial charge in [-0.15, -0.1) is 0 Å². The van der Waals surface area contributed by atoms with E-state index in [-0.39, 0.29) is 11.6 Å². The molecular weight excluding hydrogens is 256 g/mol. The second-order valence-corrected chi connectivity index (χ2v) is 4.53. The van der Waals surface area contributed by atoms with Gasteiger partial charge in [0.2, 0.25) is 0 Å². The molecule has 0 bridgehead atoms. The first-order valence-corrected chi connectivity index (χ1v) is 6.11. The maximum Gasteiger partial charge on any atom is 0.274 e. The number of aryl methyl sites for hydroxylation is 1. The molecule has 0 unspecified atom stereocenters. The molecule has 2 rings (SSSR count). The summed E-state index contributed by atoms with van der Waals surface area (Å²) in [6.07, 6.45) is 0. The molecule has 0 atom stereocenters. The first kappa shape index (κ1) is 13.7. The van der Waals surface area contributed by atoms with Crippen LogP contribution >= 0.6 is 0 Å². The lowest BCUT2D eigenvalue weighted by Gasteiger charge is -2.09. The number of amides is 1. The summed E-state index contributed by atoms with van der Waals surface area (Å²) in [7, 11) is 0. The first-order chi connectivity index (χ1) is 9.49. The third-order valence-electron chi connectivity index (χ3n) is 3.03. The monoisotopic (exact) mass is 270 g/mol. The van der Waals surface area contributed by atoms with Crippen LogP contribution in [0.1, 0.15) is 21.5 Å². The van der Waals surface area contributed by atoms with Gasteiger partial charge >= 0.3 is 0 Å². The molecule has 0 saturated heterocycles. The largest absolute Gasteiger partial charge is 0.321 e. The van der Waals surface area contributed by atoms with Crippen LogP contribution in [0.5, 0.6) is 0 Å². The van der Waals surface area contributed by atoms with Crippen molar-refractivity contribution in [1.29, 1.82) is 0 Å². The Morgan fingerprint density at radius 3 is 2.50 bits per heavy atom. The molecule has 0 spiro atoms. The Hall–Kier alpha value is -2.69. The molecule has 5 nitrogen and oxygen atoms in total. The zero-order valence-electron chi connectivity index (χ0n) is 11.2. The summed E-state index contributed by atoms with van der Waals surface area (Å²) in [5.41, 5.74) is 2.39. The normalized spacial score (nSPS) is 10.1. The minimum Gasteiger partial charge on any atom is -0.321 e. The van der Waals surface area contributed by atoms with Crippen LogP contribution in [0.4, 0.5) is 11.4 Å². The number of nitrogens with zero attached hydrogens (tertiary/aromatic N) is 1. The van der Waals surface area contributed by atoms with E-state index in [0.717, 1.165) is 5.56 Å². The lowest BCUT2D eigenvalue weighted by Crippen LogP contribution is -2.13. The van der Waals surface area contributed by atoms with Gasteiger partial charge in [-0.2, -0.15) is 0 Å². The van der Waals surface area contributed by atoms with Crippen LogP contribution in [0.2, 0.25) is 0 Å². The van der Waals surface area contributed by atoms with Crippen molar-refractivity contribution in [2.24, 2.45) is 0 Å². The van der Waals surface area contributed by atoms with Crippen molar-refractivity contribution in [1.82, 2.24) is 0 Å².